The van der Waals surface area contributed by atoms with Crippen molar-refractivity contribution in [3.63, 3.8) is 0 Å². The van der Waals surface area contributed by atoms with Gasteiger partial charge >= 0.3 is 0 Å². The SMILES string of the molecule is C[C@]12Cc3cnn(-c4ccc(F)cc4)c3C=C1CCC[C@@H]2[C@@](C)(O)c1ccc(F)cc1. The van der Waals surface area contributed by atoms with E-state index in [2.05, 4.69) is 18.1 Å². The van der Waals surface area contributed by atoms with Crippen molar-refractivity contribution in [3.8, 4) is 5.69 Å². The highest BCUT2D eigenvalue weighted by atomic mass is 19.1. The van der Waals surface area contributed by atoms with E-state index < -0.39 is 5.60 Å². The van der Waals surface area contributed by atoms with Crippen LogP contribution < -0.4 is 0 Å². The first kappa shape index (κ1) is 20.1. The van der Waals surface area contributed by atoms with Crippen LogP contribution in [0.1, 0.15) is 49.9 Å². The van der Waals surface area contributed by atoms with Crippen molar-refractivity contribution >= 4 is 6.08 Å². The molecule has 2 aliphatic carbocycles. The lowest BCUT2D eigenvalue weighted by atomic mass is 9.54. The topological polar surface area (TPSA) is 38.0 Å². The van der Waals surface area contributed by atoms with Crippen LogP contribution in [0.3, 0.4) is 0 Å². The number of rotatable bonds is 3. The van der Waals surface area contributed by atoms with E-state index >= 15 is 0 Å². The third kappa shape index (κ3) is 3.23. The monoisotopic (exact) mass is 420 g/mol. The Labute approximate surface area is 181 Å². The highest BCUT2D eigenvalue weighted by Gasteiger charge is 2.51. The average Bonchev–Trinajstić information content (AvgIpc) is 3.14. The molecule has 1 saturated carbocycles. The lowest BCUT2D eigenvalue weighted by Crippen LogP contribution is -2.47. The van der Waals surface area contributed by atoms with Gasteiger partial charge in [-0.2, -0.15) is 5.10 Å². The van der Waals surface area contributed by atoms with Crippen LogP contribution in [-0.4, -0.2) is 14.9 Å². The minimum Gasteiger partial charge on any atom is -0.385 e. The smallest absolute Gasteiger partial charge is 0.123 e. The van der Waals surface area contributed by atoms with Crippen LogP contribution >= 0.6 is 0 Å². The molecule has 1 fully saturated rings. The Hall–Kier alpha value is -2.79. The summed E-state index contributed by atoms with van der Waals surface area (Å²) in [5.74, 6) is -0.577. The zero-order valence-electron chi connectivity index (χ0n) is 17.8. The highest BCUT2D eigenvalue weighted by molar-refractivity contribution is 5.61. The zero-order chi connectivity index (χ0) is 21.8. The predicted octanol–water partition coefficient (Wildman–Crippen LogP) is 5.80. The molecule has 160 valence electrons. The van der Waals surface area contributed by atoms with Crippen LogP contribution in [0, 0.1) is 23.0 Å². The second-order valence-corrected chi connectivity index (χ2v) is 9.31. The summed E-state index contributed by atoms with van der Waals surface area (Å²) >= 11 is 0. The molecule has 3 nitrogen and oxygen atoms in total. The summed E-state index contributed by atoms with van der Waals surface area (Å²) in [4.78, 5) is 0. The first-order chi connectivity index (χ1) is 14.8. The molecule has 3 atom stereocenters. The lowest BCUT2D eigenvalue weighted by molar-refractivity contribution is -0.0659. The number of halogens is 2. The van der Waals surface area contributed by atoms with Gasteiger partial charge in [-0.3, -0.25) is 0 Å². The summed E-state index contributed by atoms with van der Waals surface area (Å²) < 4.78 is 28.7. The van der Waals surface area contributed by atoms with E-state index in [0.29, 0.717) is 0 Å². The largest absolute Gasteiger partial charge is 0.385 e. The van der Waals surface area contributed by atoms with E-state index in [-0.39, 0.29) is 23.0 Å². The first-order valence-corrected chi connectivity index (χ1v) is 10.8. The fourth-order valence-corrected chi connectivity index (χ4v) is 5.72. The third-order valence-corrected chi connectivity index (χ3v) is 7.37. The summed E-state index contributed by atoms with van der Waals surface area (Å²) in [5, 5.41) is 16.2. The van der Waals surface area contributed by atoms with Gasteiger partial charge in [0, 0.05) is 5.92 Å². The van der Waals surface area contributed by atoms with E-state index in [9.17, 15) is 13.9 Å². The van der Waals surface area contributed by atoms with Gasteiger partial charge in [0.1, 0.15) is 11.6 Å². The summed E-state index contributed by atoms with van der Waals surface area (Å²) in [7, 11) is 0. The van der Waals surface area contributed by atoms with Crippen LogP contribution in [0.25, 0.3) is 11.8 Å². The molecular weight excluding hydrogens is 394 g/mol. The average molecular weight is 421 g/mol. The van der Waals surface area contributed by atoms with Crippen molar-refractivity contribution in [1.82, 2.24) is 9.78 Å². The minimum atomic E-state index is -1.08. The van der Waals surface area contributed by atoms with E-state index in [1.807, 2.05) is 17.8 Å². The Bertz CT molecular complexity index is 1150. The summed E-state index contributed by atoms with van der Waals surface area (Å²) in [6.45, 7) is 4.09. The van der Waals surface area contributed by atoms with Crippen molar-refractivity contribution in [3.05, 3.63) is 88.8 Å². The molecule has 0 saturated heterocycles. The lowest BCUT2D eigenvalue weighted by Gasteiger charge is -2.51. The van der Waals surface area contributed by atoms with Gasteiger partial charge in [-0.05, 0) is 91.6 Å². The van der Waals surface area contributed by atoms with Crippen LogP contribution in [0.5, 0.6) is 0 Å². The molecule has 2 aliphatic rings. The highest BCUT2D eigenvalue weighted by Crippen LogP contribution is 2.56. The van der Waals surface area contributed by atoms with Crippen LogP contribution in [0.4, 0.5) is 8.78 Å². The Morgan fingerprint density at radius 1 is 1.06 bits per heavy atom. The fourth-order valence-electron chi connectivity index (χ4n) is 5.72. The van der Waals surface area contributed by atoms with Gasteiger partial charge in [0.15, 0.2) is 0 Å². The molecule has 0 aliphatic heterocycles. The zero-order valence-corrected chi connectivity index (χ0v) is 17.8. The molecule has 2 aromatic carbocycles. The third-order valence-electron chi connectivity index (χ3n) is 7.37. The molecule has 0 bridgehead atoms. The molecule has 0 spiro atoms. The standard InChI is InChI=1S/C26H26F2N2O/c1-25-15-17-16-29-30(22-12-10-21(28)11-13-22)23(17)14-19(25)4-3-5-24(25)26(2,31)18-6-8-20(27)9-7-18/h6-14,16,24,31H,3-5,15H2,1-2H3/t24-,25-,26-/m0/s1. The van der Waals surface area contributed by atoms with Crippen molar-refractivity contribution < 1.29 is 13.9 Å². The molecule has 0 radical (unpaired) electrons. The van der Waals surface area contributed by atoms with Crippen LogP contribution in [-0.2, 0) is 12.0 Å². The Kier molecular flexibility index (Phi) is 4.63. The van der Waals surface area contributed by atoms with Gasteiger partial charge in [0.05, 0.1) is 23.2 Å². The van der Waals surface area contributed by atoms with Gasteiger partial charge in [-0.15, -0.1) is 0 Å². The number of hydrogen-bond donors (Lipinski definition) is 1. The first-order valence-electron chi connectivity index (χ1n) is 10.8. The molecule has 1 heterocycles. The van der Waals surface area contributed by atoms with E-state index in [0.717, 1.165) is 48.2 Å². The maximum absolute atomic E-state index is 13.5. The number of fused-ring (bicyclic) bond motifs is 2. The number of hydrogen-bond acceptors (Lipinski definition) is 2. The number of nitrogens with zero attached hydrogens (tertiary/aromatic N) is 2. The van der Waals surface area contributed by atoms with Gasteiger partial charge in [0.2, 0.25) is 0 Å². The van der Waals surface area contributed by atoms with Crippen molar-refractivity contribution in [2.45, 2.75) is 45.1 Å². The molecule has 3 aromatic rings. The summed E-state index contributed by atoms with van der Waals surface area (Å²) in [5.41, 5.74) is 3.73. The van der Waals surface area contributed by atoms with Gasteiger partial charge in [-0.1, -0.05) is 24.6 Å². The second-order valence-electron chi connectivity index (χ2n) is 9.31. The van der Waals surface area contributed by atoms with Crippen molar-refractivity contribution in [1.29, 1.82) is 0 Å². The molecule has 5 rings (SSSR count). The molecule has 0 amide bonds. The molecule has 5 heteroatoms. The predicted molar refractivity (Wildman–Crippen MR) is 117 cm³/mol. The minimum absolute atomic E-state index is 0.00668. The van der Waals surface area contributed by atoms with Crippen LogP contribution in [0.2, 0.25) is 0 Å². The molecule has 1 N–H and O–H groups in total. The second kappa shape index (κ2) is 7.13. The van der Waals surface area contributed by atoms with Gasteiger partial charge < -0.3 is 5.11 Å². The van der Waals surface area contributed by atoms with E-state index in [1.165, 1.54) is 29.8 Å². The number of allylic oxidation sites excluding steroid dienone is 1. The Morgan fingerprint density at radius 3 is 2.39 bits per heavy atom. The quantitative estimate of drug-likeness (QED) is 0.581. The maximum Gasteiger partial charge on any atom is 0.123 e. The van der Waals surface area contributed by atoms with Crippen molar-refractivity contribution in [2.75, 3.05) is 0 Å². The molecule has 1 aromatic heterocycles. The molecule has 31 heavy (non-hydrogen) atoms. The number of aliphatic hydroxyl groups is 1. The van der Waals surface area contributed by atoms with E-state index in [4.69, 9.17) is 0 Å². The maximum atomic E-state index is 13.5. The molecule has 0 unspecified atom stereocenters. The Balaban J connectivity index is 1.55. The number of benzene rings is 2. The normalized spacial score (nSPS) is 24.7. The summed E-state index contributed by atoms with van der Waals surface area (Å²) in [6.07, 6.45) is 7.73. The van der Waals surface area contributed by atoms with Crippen molar-refractivity contribution in [2.24, 2.45) is 11.3 Å². The van der Waals surface area contributed by atoms with Crippen LogP contribution in [0.15, 0.2) is 60.3 Å². The van der Waals surface area contributed by atoms with Gasteiger partial charge in [-0.25, -0.2) is 13.5 Å². The van der Waals surface area contributed by atoms with E-state index in [1.54, 1.807) is 24.3 Å². The Morgan fingerprint density at radius 2 is 1.71 bits per heavy atom. The fraction of sp³-hybridized carbons (Fsp3) is 0.346. The number of aromatic nitrogens is 2. The van der Waals surface area contributed by atoms with Gasteiger partial charge in [0.25, 0.3) is 0 Å². The summed E-state index contributed by atoms with van der Waals surface area (Å²) in [6, 6.07) is 12.6. The molecular formula is C26H26F2N2O.